The van der Waals surface area contributed by atoms with Gasteiger partial charge in [0.05, 0.1) is 24.9 Å². The molecular formula is C15H18FN3O3S. The average molecular weight is 339 g/mol. The summed E-state index contributed by atoms with van der Waals surface area (Å²) < 4.78 is 48.3. The van der Waals surface area contributed by atoms with E-state index in [1.807, 2.05) is 0 Å². The maximum absolute atomic E-state index is 14.0. The maximum Gasteiger partial charge on any atom is 0.246 e. The van der Waals surface area contributed by atoms with Gasteiger partial charge in [-0.2, -0.15) is 9.40 Å². The molecule has 1 aromatic carbocycles. The minimum absolute atomic E-state index is 0.144. The molecule has 0 saturated carbocycles. The summed E-state index contributed by atoms with van der Waals surface area (Å²) in [7, 11) is -2.45. The predicted molar refractivity (Wildman–Crippen MR) is 81.6 cm³/mol. The molecule has 0 fully saturated rings. The highest BCUT2D eigenvalue weighted by Crippen LogP contribution is 2.27. The first-order chi connectivity index (χ1) is 11.0. The molecule has 1 aromatic heterocycles. The van der Waals surface area contributed by atoms with Crippen molar-refractivity contribution in [3.8, 4) is 0 Å². The topological polar surface area (TPSA) is 64.4 Å². The predicted octanol–water partition coefficient (Wildman–Crippen LogP) is 1.63. The van der Waals surface area contributed by atoms with Crippen molar-refractivity contribution in [3.05, 3.63) is 48.0 Å². The van der Waals surface area contributed by atoms with Gasteiger partial charge in [0.25, 0.3) is 0 Å². The lowest BCUT2D eigenvalue weighted by Gasteiger charge is -2.28. The van der Waals surface area contributed by atoms with E-state index in [1.165, 1.54) is 29.6 Å². The fraction of sp³-hybridized carbons (Fsp3) is 0.400. The van der Waals surface area contributed by atoms with Gasteiger partial charge in [0.2, 0.25) is 10.0 Å². The molecule has 3 rings (SSSR count). The first-order valence-electron chi connectivity index (χ1n) is 7.30. The van der Waals surface area contributed by atoms with Crippen molar-refractivity contribution < 1.29 is 17.5 Å². The molecule has 1 aliphatic heterocycles. The van der Waals surface area contributed by atoms with Crippen molar-refractivity contribution in [3.63, 3.8) is 0 Å². The summed E-state index contributed by atoms with van der Waals surface area (Å²) in [5.41, 5.74) is 0.781. The lowest BCUT2D eigenvalue weighted by atomic mass is 10.2. The van der Waals surface area contributed by atoms with Gasteiger partial charge < -0.3 is 4.74 Å². The van der Waals surface area contributed by atoms with Gasteiger partial charge in [0.1, 0.15) is 10.7 Å². The van der Waals surface area contributed by atoms with E-state index in [0.29, 0.717) is 13.0 Å². The average Bonchev–Trinajstić information content (AvgIpc) is 2.89. The molecule has 6 nitrogen and oxygen atoms in total. The van der Waals surface area contributed by atoms with E-state index in [2.05, 4.69) is 5.10 Å². The number of methoxy groups -OCH3 is 1. The van der Waals surface area contributed by atoms with Crippen LogP contribution >= 0.6 is 0 Å². The molecule has 0 radical (unpaired) electrons. The fourth-order valence-corrected chi connectivity index (χ4v) is 4.50. The van der Waals surface area contributed by atoms with Crippen molar-refractivity contribution in [2.24, 2.45) is 0 Å². The summed E-state index contributed by atoms with van der Waals surface area (Å²) in [6.07, 6.45) is 2.19. The monoisotopic (exact) mass is 339 g/mol. The molecule has 8 heteroatoms. The first kappa shape index (κ1) is 16.1. The quantitative estimate of drug-likeness (QED) is 0.849. The van der Waals surface area contributed by atoms with Gasteiger partial charge >= 0.3 is 0 Å². The van der Waals surface area contributed by atoms with E-state index >= 15 is 0 Å². The molecule has 1 unspecified atom stereocenters. The van der Waals surface area contributed by atoms with Crippen molar-refractivity contribution >= 4 is 10.0 Å². The molecule has 1 aliphatic rings. The SMILES string of the molecule is COCC1CCn2nccc2CN1S(=O)(=O)c1ccccc1F. The molecule has 0 amide bonds. The number of aromatic nitrogens is 2. The van der Waals surface area contributed by atoms with Gasteiger partial charge in [0.15, 0.2) is 0 Å². The lowest BCUT2D eigenvalue weighted by Crippen LogP contribution is -2.41. The number of fused-ring (bicyclic) bond motifs is 1. The van der Waals surface area contributed by atoms with Crippen LogP contribution < -0.4 is 0 Å². The zero-order valence-electron chi connectivity index (χ0n) is 12.7. The van der Waals surface area contributed by atoms with Gasteiger partial charge in [-0.3, -0.25) is 4.68 Å². The Kier molecular flexibility index (Phi) is 4.47. The van der Waals surface area contributed by atoms with Crippen LogP contribution in [0.2, 0.25) is 0 Å². The van der Waals surface area contributed by atoms with Crippen LogP contribution in [0.25, 0.3) is 0 Å². The second kappa shape index (κ2) is 6.38. The van der Waals surface area contributed by atoms with Crippen LogP contribution in [0.4, 0.5) is 4.39 Å². The van der Waals surface area contributed by atoms with Crippen LogP contribution in [0.1, 0.15) is 12.1 Å². The Bertz CT molecular complexity index is 791. The van der Waals surface area contributed by atoms with E-state index in [-0.39, 0.29) is 24.1 Å². The van der Waals surface area contributed by atoms with E-state index < -0.39 is 15.8 Å². The van der Waals surface area contributed by atoms with Gasteiger partial charge in [-0.05, 0) is 24.6 Å². The number of benzene rings is 1. The van der Waals surface area contributed by atoms with E-state index in [9.17, 15) is 12.8 Å². The molecule has 2 heterocycles. The molecule has 0 spiro atoms. The minimum atomic E-state index is -3.97. The number of aryl methyl sites for hydroxylation is 1. The van der Waals surface area contributed by atoms with Crippen LogP contribution in [0, 0.1) is 5.82 Å². The Morgan fingerprint density at radius 3 is 2.87 bits per heavy atom. The van der Waals surface area contributed by atoms with Crippen LogP contribution in [-0.2, 0) is 27.8 Å². The molecule has 0 N–H and O–H groups in total. The fourth-order valence-electron chi connectivity index (χ4n) is 2.82. The number of sulfonamides is 1. The molecule has 1 atom stereocenters. The Morgan fingerprint density at radius 2 is 2.13 bits per heavy atom. The molecule has 23 heavy (non-hydrogen) atoms. The Balaban J connectivity index is 2.04. The number of hydrogen-bond acceptors (Lipinski definition) is 4. The number of halogens is 1. The molecular weight excluding hydrogens is 321 g/mol. The van der Waals surface area contributed by atoms with Crippen molar-refractivity contribution in [1.82, 2.24) is 14.1 Å². The number of ether oxygens (including phenoxy) is 1. The van der Waals surface area contributed by atoms with Gasteiger partial charge in [-0.25, -0.2) is 12.8 Å². The van der Waals surface area contributed by atoms with Gasteiger partial charge in [-0.15, -0.1) is 0 Å². The zero-order valence-corrected chi connectivity index (χ0v) is 13.5. The molecule has 0 bridgehead atoms. The van der Waals surface area contributed by atoms with Crippen LogP contribution in [0.3, 0.4) is 0 Å². The molecule has 0 saturated heterocycles. The molecule has 0 aliphatic carbocycles. The third-order valence-electron chi connectivity index (χ3n) is 3.99. The van der Waals surface area contributed by atoms with Crippen LogP contribution in [0.15, 0.2) is 41.4 Å². The molecule has 124 valence electrons. The standard InChI is InChI=1S/C15H18FN3O3S/c1-22-11-13-7-9-18-12(6-8-17-18)10-19(13)23(20,21)15-5-3-2-4-14(15)16/h2-6,8,13H,7,9-11H2,1H3. The summed E-state index contributed by atoms with van der Waals surface area (Å²) in [6.45, 7) is 0.989. The normalized spacial score (nSPS) is 19.3. The summed E-state index contributed by atoms with van der Waals surface area (Å²) in [5.74, 6) is -0.749. The third kappa shape index (κ3) is 3.01. The summed E-state index contributed by atoms with van der Waals surface area (Å²) >= 11 is 0. The summed E-state index contributed by atoms with van der Waals surface area (Å²) in [6, 6.07) is 6.84. The van der Waals surface area contributed by atoms with Gasteiger partial charge in [0, 0.05) is 19.9 Å². The third-order valence-corrected chi connectivity index (χ3v) is 5.92. The Morgan fingerprint density at radius 1 is 1.35 bits per heavy atom. The van der Waals surface area contributed by atoms with Gasteiger partial charge in [-0.1, -0.05) is 12.1 Å². The second-order valence-corrected chi connectivity index (χ2v) is 7.28. The van der Waals surface area contributed by atoms with E-state index in [0.717, 1.165) is 11.8 Å². The van der Waals surface area contributed by atoms with E-state index in [1.54, 1.807) is 16.9 Å². The van der Waals surface area contributed by atoms with Crippen molar-refractivity contribution in [2.75, 3.05) is 13.7 Å². The zero-order chi connectivity index (χ0) is 16.4. The highest BCUT2D eigenvalue weighted by molar-refractivity contribution is 7.89. The minimum Gasteiger partial charge on any atom is -0.383 e. The smallest absolute Gasteiger partial charge is 0.246 e. The summed E-state index contributed by atoms with van der Waals surface area (Å²) in [5, 5.41) is 4.20. The maximum atomic E-state index is 14.0. The second-order valence-electron chi connectivity index (χ2n) is 5.42. The van der Waals surface area contributed by atoms with Crippen LogP contribution in [-0.4, -0.2) is 42.3 Å². The largest absolute Gasteiger partial charge is 0.383 e. The highest BCUT2D eigenvalue weighted by Gasteiger charge is 2.35. The number of rotatable bonds is 4. The number of hydrogen-bond donors (Lipinski definition) is 0. The number of nitrogens with zero attached hydrogens (tertiary/aromatic N) is 3. The van der Waals surface area contributed by atoms with Crippen molar-refractivity contribution in [2.45, 2.75) is 30.4 Å². The van der Waals surface area contributed by atoms with Crippen LogP contribution in [0.5, 0.6) is 0 Å². The van der Waals surface area contributed by atoms with E-state index in [4.69, 9.17) is 4.74 Å². The highest BCUT2D eigenvalue weighted by atomic mass is 32.2. The molecule has 2 aromatic rings. The first-order valence-corrected chi connectivity index (χ1v) is 8.74. The Hall–Kier alpha value is -1.77. The van der Waals surface area contributed by atoms with Crippen molar-refractivity contribution in [1.29, 1.82) is 0 Å². The summed E-state index contributed by atoms with van der Waals surface area (Å²) in [4.78, 5) is -0.311. The Labute approximate surface area is 134 Å². The lowest BCUT2D eigenvalue weighted by molar-refractivity contribution is 0.127.